The molecule has 0 spiro atoms. The topological polar surface area (TPSA) is 79.5 Å². The van der Waals surface area contributed by atoms with Crippen molar-refractivity contribution in [1.82, 2.24) is 5.32 Å². The van der Waals surface area contributed by atoms with Crippen molar-refractivity contribution in [3.63, 3.8) is 0 Å². The van der Waals surface area contributed by atoms with Crippen LogP contribution in [0, 0.1) is 5.92 Å². The summed E-state index contributed by atoms with van der Waals surface area (Å²) in [5, 5.41) is 12.1. The Morgan fingerprint density at radius 3 is 2.48 bits per heavy atom. The molecule has 0 fully saturated rings. The summed E-state index contributed by atoms with van der Waals surface area (Å²) >= 11 is 0. The number of carbonyl (C=O) groups is 2. The maximum absolute atomic E-state index is 12.2. The van der Waals surface area contributed by atoms with E-state index in [-0.39, 0.29) is 18.4 Å². The van der Waals surface area contributed by atoms with E-state index in [1.165, 1.54) is 6.26 Å². The minimum absolute atomic E-state index is 0.0752. The second kappa shape index (κ2) is 7.63. The molecule has 1 heterocycles. The molecular weight excluding hydrogens is 294 g/mol. The predicted molar refractivity (Wildman–Crippen MR) is 86.4 cm³/mol. The Bertz CT molecular complexity index is 661. The fourth-order valence-corrected chi connectivity index (χ4v) is 2.41. The van der Waals surface area contributed by atoms with Crippen molar-refractivity contribution in [2.75, 3.05) is 6.54 Å². The highest BCUT2D eigenvalue weighted by Crippen LogP contribution is 2.20. The van der Waals surface area contributed by atoms with Gasteiger partial charge in [0.1, 0.15) is 5.76 Å². The van der Waals surface area contributed by atoms with E-state index < -0.39 is 11.9 Å². The number of furan rings is 1. The van der Waals surface area contributed by atoms with Crippen LogP contribution in [0.25, 0.3) is 0 Å². The Hall–Kier alpha value is -2.56. The number of nitrogens with one attached hydrogen (secondary N) is 1. The smallest absolute Gasteiger partial charge is 0.308 e. The molecule has 5 heteroatoms. The molecule has 0 saturated heterocycles. The van der Waals surface area contributed by atoms with Crippen LogP contribution in [0.2, 0.25) is 0 Å². The van der Waals surface area contributed by atoms with Crippen LogP contribution < -0.4 is 5.32 Å². The standard InChI is InChI=1S/C18H21NO4/c1-12(2)16-15(8-9-23-16)17(20)19-11-14(18(21)22)10-13-6-4-3-5-7-13/h3-9,12,14H,10-11H2,1-2H3,(H,19,20)(H,21,22). The molecular formula is C18H21NO4. The first-order chi connectivity index (χ1) is 11.0. The number of rotatable bonds is 7. The van der Waals surface area contributed by atoms with Crippen molar-refractivity contribution in [3.8, 4) is 0 Å². The molecule has 0 aliphatic carbocycles. The lowest BCUT2D eigenvalue weighted by atomic mass is 9.99. The molecule has 1 aromatic heterocycles. The Labute approximate surface area is 135 Å². The Morgan fingerprint density at radius 1 is 1.17 bits per heavy atom. The van der Waals surface area contributed by atoms with Crippen molar-refractivity contribution >= 4 is 11.9 Å². The summed E-state index contributed by atoms with van der Waals surface area (Å²) in [7, 11) is 0. The minimum Gasteiger partial charge on any atom is -0.481 e. The third kappa shape index (κ3) is 4.45. The van der Waals surface area contributed by atoms with Crippen LogP contribution >= 0.6 is 0 Å². The molecule has 1 unspecified atom stereocenters. The first-order valence-corrected chi connectivity index (χ1v) is 7.61. The summed E-state index contributed by atoms with van der Waals surface area (Å²) in [4.78, 5) is 23.7. The van der Waals surface area contributed by atoms with E-state index in [0.29, 0.717) is 17.7 Å². The molecule has 5 nitrogen and oxygen atoms in total. The molecule has 2 rings (SSSR count). The number of hydrogen-bond donors (Lipinski definition) is 2. The van der Waals surface area contributed by atoms with Crippen molar-refractivity contribution in [1.29, 1.82) is 0 Å². The molecule has 0 radical (unpaired) electrons. The monoisotopic (exact) mass is 315 g/mol. The van der Waals surface area contributed by atoms with Gasteiger partial charge in [-0.15, -0.1) is 0 Å². The Morgan fingerprint density at radius 2 is 1.87 bits per heavy atom. The zero-order chi connectivity index (χ0) is 16.8. The zero-order valence-corrected chi connectivity index (χ0v) is 13.3. The number of amides is 1. The van der Waals surface area contributed by atoms with E-state index in [1.807, 2.05) is 44.2 Å². The van der Waals surface area contributed by atoms with Crippen LogP contribution in [0.3, 0.4) is 0 Å². The molecule has 2 aromatic rings. The van der Waals surface area contributed by atoms with Crippen LogP contribution in [-0.4, -0.2) is 23.5 Å². The maximum Gasteiger partial charge on any atom is 0.308 e. The van der Waals surface area contributed by atoms with Crippen LogP contribution in [-0.2, 0) is 11.2 Å². The molecule has 122 valence electrons. The fourth-order valence-electron chi connectivity index (χ4n) is 2.41. The van der Waals surface area contributed by atoms with Crippen LogP contribution in [0.4, 0.5) is 0 Å². The van der Waals surface area contributed by atoms with Crippen molar-refractivity contribution in [2.45, 2.75) is 26.2 Å². The number of carboxylic acid groups (broad SMARTS) is 1. The third-order valence-electron chi connectivity index (χ3n) is 3.65. The van der Waals surface area contributed by atoms with Gasteiger partial charge in [0.05, 0.1) is 17.7 Å². The molecule has 0 saturated carbocycles. The second-order valence-electron chi connectivity index (χ2n) is 5.79. The average Bonchev–Trinajstić information content (AvgIpc) is 3.01. The first-order valence-electron chi connectivity index (χ1n) is 7.61. The first kappa shape index (κ1) is 16.8. The van der Waals surface area contributed by atoms with Gasteiger partial charge in [-0.05, 0) is 18.1 Å². The lowest BCUT2D eigenvalue weighted by Gasteiger charge is -2.14. The minimum atomic E-state index is -0.926. The average molecular weight is 315 g/mol. The van der Waals surface area contributed by atoms with E-state index in [4.69, 9.17) is 4.42 Å². The SMILES string of the molecule is CC(C)c1occc1C(=O)NCC(Cc1ccccc1)C(=O)O. The fraction of sp³-hybridized carbons (Fsp3) is 0.333. The van der Waals surface area contributed by atoms with Gasteiger partial charge in [-0.25, -0.2) is 0 Å². The van der Waals surface area contributed by atoms with Crippen LogP contribution in [0.1, 0.15) is 41.4 Å². The summed E-state index contributed by atoms with van der Waals surface area (Å²) in [6.45, 7) is 3.95. The molecule has 0 aliphatic heterocycles. The van der Waals surface area contributed by atoms with Crippen LogP contribution in [0.5, 0.6) is 0 Å². The summed E-state index contributed by atoms with van der Waals surface area (Å²) < 4.78 is 5.32. The van der Waals surface area contributed by atoms with E-state index in [2.05, 4.69) is 5.32 Å². The van der Waals surface area contributed by atoms with E-state index in [0.717, 1.165) is 5.56 Å². The van der Waals surface area contributed by atoms with Crippen molar-refractivity contribution in [2.24, 2.45) is 5.92 Å². The van der Waals surface area contributed by atoms with Crippen molar-refractivity contribution in [3.05, 3.63) is 59.5 Å². The van der Waals surface area contributed by atoms with Crippen molar-refractivity contribution < 1.29 is 19.1 Å². The largest absolute Gasteiger partial charge is 0.481 e. The van der Waals surface area contributed by atoms with Gasteiger partial charge in [-0.1, -0.05) is 44.2 Å². The van der Waals surface area contributed by atoms with E-state index >= 15 is 0 Å². The van der Waals surface area contributed by atoms with Gasteiger partial charge < -0.3 is 14.8 Å². The molecule has 23 heavy (non-hydrogen) atoms. The van der Waals surface area contributed by atoms with E-state index in [9.17, 15) is 14.7 Å². The highest BCUT2D eigenvalue weighted by Gasteiger charge is 2.21. The maximum atomic E-state index is 12.2. The lowest BCUT2D eigenvalue weighted by Crippen LogP contribution is -2.34. The Kier molecular flexibility index (Phi) is 5.57. The number of aliphatic carboxylic acids is 1. The number of hydrogen-bond acceptors (Lipinski definition) is 3. The normalized spacial score (nSPS) is 12.1. The van der Waals surface area contributed by atoms with Gasteiger partial charge in [0.15, 0.2) is 0 Å². The summed E-state index contributed by atoms with van der Waals surface area (Å²) in [6, 6.07) is 11.0. The zero-order valence-electron chi connectivity index (χ0n) is 13.3. The Balaban J connectivity index is 2.00. The summed E-state index contributed by atoms with van der Waals surface area (Å²) in [6.07, 6.45) is 1.85. The molecule has 1 amide bonds. The summed E-state index contributed by atoms with van der Waals surface area (Å²) in [5.74, 6) is -1.20. The quantitative estimate of drug-likeness (QED) is 0.823. The van der Waals surface area contributed by atoms with Gasteiger partial charge in [-0.3, -0.25) is 9.59 Å². The number of benzene rings is 1. The molecule has 2 N–H and O–H groups in total. The van der Waals surface area contributed by atoms with Gasteiger partial charge in [0.25, 0.3) is 5.91 Å². The molecule has 0 aliphatic rings. The highest BCUT2D eigenvalue weighted by atomic mass is 16.4. The number of carbonyl (C=O) groups excluding carboxylic acids is 1. The van der Waals surface area contributed by atoms with Gasteiger partial charge in [-0.2, -0.15) is 0 Å². The second-order valence-corrected chi connectivity index (χ2v) is 5.79. The third-order valence-corrected chi connectivity index (χ3v) is 3.65. The van der Waals surface area contributed by atoms with Crippen LogP contribution in [0.15, 0.2) is 47.1 Å². The predicted octanol–water partition coefficient (Wildman–Crippen LogP) is 3.08. The van der Waals surface area contributed by atoms with Gasteiger partial charge in [0, 0.05) is 12.5 Å². The molecule has 0 bridgehead atoms. The molecule has 1 aromatic carbocycles. The molecule has 1 atom stereocenters. The van der Waals surface area contributed by atoms with Gasteiger partial charge in [0.2, 0.25) is 0 Å². The summed E-state index contributed by atoms with van der Waals surface area (Å²) in [5.41, 5.74) is 1.39. The lowest BCUT2D eigenvalue weighted by molar-refractivity contribution is -0.141. The highest BCUT2D eigenvalue weighted by molar-refractivity contribution is 5.95. The number of carboxylic acids is 1. The van der Waals surface area contributed by atoms with Gasteiger partial charge >= 0.3 is 5.97 Å². The van der Waals surface area contributed by atoms with E-state index in [1.54, 1.807) is 6.07 Å².